The summed E-state index contributed by atoms with van der Waals surface area (Å²) in [4.78, 5) is 38.8. The minimum absolute atomic E-state index is 0.000461. The zero-order valence-corrected chi connectivity index (χ0v) is 21.1. The Morgan fingerprint density at radius 3 is 1.76 bits per heavy atom. The summed E-state index contributed by atoms with van der Waals surface area (Å²) < 4.78 is 23.4. The van der Waals surface area contributed by atoms with Crippen LogP contribution in [0.1, 0.15) is 31.1 Å². The second kappa shape index (κ2) is 13.0. The maximum absolute atomic E-state index is 13.0. The van der Waals surface area contributed by atoms with Gasteiger partial charge in [0.15, 0.2) is 12.4 Å². The molecule has 1 aliphatic rings. The highest BCUT2D eigenvalue weighted by molar-refractivity contribution is 5.95. The molecule has 0 saturated carbocycles. The second-order valence-corrected chi connectivity index (χ2v) is 8.66. The third-order valence-corrected chi connectivity index (χ3v) is 6.24. The molecule has 0 radical (unpaired) electrons. The monoisotopic (exact) mass is 518 g/mol. The van der Waals surface area contributed by atoms with Crippen molar-refractivity contribution >= 4 is 17.8 Å². The molecule has 0 spiro atoms. The smallest absolute Gasteiger partial charge is 0.338 e. The lowest BCUT2D eigenvalue weighted by molar-refractivity contribution is -0.257. The number of amides is 2. The van der Waals surface area contributed by atoms with Crippen molar-refractivity contribution in [3.63, 3.8) is 0 Å². The van der Waals surface area contributed by atoms with Crippen LogP contribution in [0.25, 0.3) is 0 Å². The van der Waals surface area contributed by atoms with E-state index in [-0.39, 0.29) is 18.4 Å². The van der Waals surface area contributed by atoms with Gasteiger partial charge in [-0.1, -0.05) is 54.6 Å². The lowest BCUT2D eigenvalue weighted by Crippen LogP contribution is -2.66. The number of carbonyl (C=O) groups excluding carboxylic acids is 3. The zero-order valence-electron chi connectivity index (χ0n) is 21.1. The summed E-state index contributed by atoms with van der Waals surface area (Å²) in [5, 5.41) is 5.73. The molecule has 0 aromatic heterocycles. The van der Waals surface area contributed by atoms with Crippen LogP contribution in [0.15, 0.2) is 91.0 Å². The van der Waals surface area contributed by atoms with Crippen molar-refractivity contribution in [2.45, 2.75) is 30.6 Å². The molecule has 1 saturated heterocycles. The summed E-state index contributed by atoms with van der Waals surface area (Å²) in [5.74, 6) is -1.28. The van der Waals surface area contributed by atoms with E-state index in [4.69, 9.17) is 18.9 Å². The molecule has 1 heterocycles. The fourth-order valence-corrected chi connectivity index (χ4v) is 4.32. The van der Waals surface area contributed by atoms with Gasteiger partial charge in [-0.05, 0) is 36.4 Å². The number of esters is 1. The van der Waals surface area contributed by atoms with Crippen molar-refractivity contribution < 1.29 is 33.3 Å². The SMILES string of the molecule is COC1OC(CNC(=O)c2ccccc2)C(OC(=O)c2ccccc2)C(OC)C1NC(=O)c1ccccc1. The first-order valence-electron chi connectivity index (χ1n) is 12.2. The number of carbonyl (C=O) groups is 3. The molecule has 1 aliphatic heterocycles. The lowest BCUT2D eigenvalue weighted by Gasteiger charge is -2.45. The van der Waals surface area contributed by atoms with Crippen molar-refractivity contribution in [3.8, 4) is 0 Å². The van der Waals surface area contributed by atoms with E-state index in [2.05, 4.69) is 10.6 Å². The molecule has 2 amide bonds. The maximum Gasteiger partial charge on any atom is 0.338 e. The van der Waals surface area contributed by atoms with E-state index in [9.17, 15) is 14.4 Å². The van der Waals surface area contributed by atoms with E-state index in [1.54, 1.807) is 78.9 Å². The Kier molecular flexibility index (Phi) is 9.21. The van der Waals surface area contributed by atoms with E-state index in [0.717, 1.165) is 0 Å². The topological polar surface area (TPSA) is 112 Å². The predicted octanol–water partition coefficient (Wildman–Crippen LogP) is 2.83. The summed E-state index contributed by atoms with van der Waals surface area (Å²) in [6, 6.07) is 25.1. The first-order chi connectivity index (χ1) is 18.5. The average molecular weight is 519 g/mol. The lowest BCUT2D eigenvalue weighted by atomic mass is 9.95. The standard InChI is InChI=1S/C29H30N2O7/c1-35-25-23(31-27(33)20-14-8-4-9-15-20)29(36-2)37-22(18-30-26(32)19-12-6-3-7-13-19)24(25)38-28(34)21-16-10-5-11-17-21/h3-17,22-25,29H,18H2,1-2H3,(H,30,32)(H,31,33). The normalized spacial score (nSPS) is 22.7. The van der Waals surface area contributed by atoms with Crippen LogP contribution in [0, 0.1) is 0 Å². The molecule has 38 heavy (non-hydrogen) atoms. The molecule has 9 nitrogen and oxygen atoms in total. The van der Waals surface area contributed by atoms with Gasteiger partial charge in [-0.2, -0.15) is 0 Å². The Balaban J connectivity index is 1.58. The molecule has 2 N–H and O–H groups in total. The van der Waals surface area contributed by atoms with Crippen molar-refractivity contribution in [1.29, 1.82) is 0 Å². The van der Waals surface area contributed by atoms with Gasteiger partial charge in [0.25, 0.3) is 11.8 Å². The molecule has 3 aromatic rings. The molecule has 4 rings (SSSR count). The first kappa shape index (κ1) is 27.0. The van der Waals surface area contributed by atoms with Crippen LogP contribution >= 0.6 is 0 Å². The van der Waals surface area contributed by atoms with Gasteiger partial charge < -0.3 is 29.6 Å². The van der Waals surface area contributed by atoms with Crippen molar-refractivity contribution in [2.75, 3.05) is 20.8 Å². The largest absolute Gasteiger partial charge is 0.453 e. The zero-order chi connectivity index (χ0) is 26.9. The molecule has 3 aromatic carbocycles. The highest BCUT2D eigenvalue weighted by atomic mass is 16.7. The van der Waals surface area contributed by atoms with Crippen LogP contribution in [-0.4, -0.2) is 69.2 Å². The van der Waals surface area contributed by atoms with Gasteiger partial charge in [0.1, 0.15) is 18.2 Å². The fraction of sp³-hybridized carbons (Fsp3) is 0.276. The number of nitrogens with one attached hydrogen (secondary N) is 2. The fourth-order valence-electron chi connectivity index (χ4n) is 4.32. The summed E-state index contributed by atoms with van der Waals surface area (Å²) in [5.41, 5.74) is 1.25. The molecule has 198 valence electrons. The summed E-state index contributed by atoms with van der Waals surface area (Å²) >= 11 is 0. The molecular weight excluding hydrogens is 488 g/mol. The molecule has 9 heteroatoms. The van der Waals surface area contributed by atoms with Crippen LogP contribution < -0.4 is 10.6 Å². The molecule has 0 bridgehead atoms. The van der Waals surface area contributed by atoms with Gasteiger partial charge in [0.05, 0.1) is 5.56 Å². The maximum atomic E-state index is 13.0. The Hall–Kier alpha value is -4.05. The molecule has 0 aliphatic carbocycles. The Morgan fingerprint density at radius 1 is 0.711 bits per heavy atom. The van der Waals surface area contributed by atoms with Gasteiger partial charge in [-0.25, -0.2) is 4.79 Å². The highest BCUT2D eigenvalue weighted by Gasteiger charge is 2.49. The van der Waals surface area contributed by atoms with Gasteiger partial charge in [-0.3, -0.25) is 9.59 Å². The van der Waals surface area contributed by atoms with Crippen LogP contribution in [0.2, 0.25) is 0 Å². The number of hydrogen-bond acceptors (Lipinski definition) is 7. The van der Waals surface area contributed by atoms with E-state index < -0.39 is 36.6 Å². The quantitative estimate of drug-likeness (QED) is 0.419. The predicted molar refractivity (Wildman–Crippen MR) is 139 cm³/mol. The summed E-state index contributed by atoms with van der Waals surface area (Å²) in [6.45, 7) is -0.000461. The van der Waals surface area contributed by atoms with Crippen LogP contribution in [0.5, 0.6) is 0 Å². The number of hydrogen-bond donors (Lipinski definition) is 2. The van der Waals surface area contributed by atoms with Crippen LogP contribution in [0.4, 0.5) is 0 Å². The molecule has 5 atom stereocenters. The summed E-state index contributed by atoms with van der Waals surface area (Å²) in [7, 11) is 2.89. The number of rotatable bonds is 9. The van der Waals surface area contributed by atoms with Gasteiger partial charge in [-0.15, -0.1) is 0 Å². The van der Waals surface area contributed by atoms with E-state index in [1.165, 1.54) is 14.2 Å². The van der Waals surface area contributed by atoms with Gasteiger partial charge in [0, 0.05) is 31.9 Å². The van der Waals surface area contributed by atoms with E-state index in [0.29, 0.717) is 16.7 Å². The number of ether oxygens (including phenoxy) is 4. The van der Waals surface area contributed by atoms with Gasteiger partial charge in [0.2, 0.25) is 0 Å². The minimum atomic E-state index is -0.990. The van der Waals surface area contributed by atoms with Crippen molar-refractivity contribution in [2.24, 2.45) is 0 Å². The third-order valence-electron chi connectivity index (χ3n) is 6.24. The first-order valence-corrected chi connectivity index (χ1v) is 12.2. The Bertz CT molecular complexity index is 1210. The average Bonchev–Trinajstić information content (AvgIpc) is 2.97. The van der Waals surface area contributed by atoms with Crippen molar-refractivity contribution in [1.82, 2.24) is 10.6 Å². The highest BCUT2D eigenvalue weighted by Crippen LogP contribution is 2.27. The number of methoxy groups -OCH3 is 2. The van der Waals surface area contributed by atoms with Gasteiger partial charge >= 0.3 is 5.97 Å². The Labute approximate surface area is 221 Å². The van der Waals surface area contributed by atoms with Crippen LogP contribution in [-0.2, 0) is 18.9 Å². The van der Waals surface area contributed by atoms with Crippen LogP contribution in [0.3, 0.4) is 0 Å². The minimum Gasteiger partial charge on any atom is -0.453 e. The van der Waals surface area contributed by atoms with Crippen molar-refractivity contribution in [3.05, 3.63) is 108 Å². The molecular formula is C29H30N2O7. The number of benzene rings is 3. The Morgan fingerprint density at radius 2 is 1.24 bits per heavy atom. The molecule has 1 fully saturated rings. The molecule has 5 unspecified atom stereocenters. The summed E-state index contributed by atoms with van der Waals surface area (Å²) in [6.07, 6.45) is -3.63. The van der Waals surface area contributed by atoms with E-state index in [1.807, 2.05) is 12.1 Å². The second-order valence-electron chi connectivity index (χ2n) is 8.66. The van der Waals surface area contributed by atoms with E-state index >= 15 is 0 Å². The third kappa shape index (κ3) is 6.44.